The van der Waals surface area contributed by atoms with Gasteiger partial charge in [0.25, 0.3) is 0 Å². The van der Waals surface area contributed by atoms with Crippen LogP contribution in [0.1, 0.15) is 27.9 Å². The lowest BCUT2D eigenvalue weighted by Gasteiger charge is -2.40. The van der Waals surface area contributed by atoms with E-state index < -0.39 is 0 Å². The summed E-state index contributed by atoms with van der Waals surface area (Å²) in [5, 5.41) is 15.5. The highest BCUT2D eigenvalue weighted by atomic mass is 35.5. The summed E-state index contributed by atoms with van der Waals surface area (Å²) in [5.41, 5.74) is 3.36. The van der Waals surface area contributed by atoms with Gasteiger partial charge in [-0.2, -0.15) is 0 Å². The standard InChI is InChI=1S/C24H24ClFN6S/c1-17-4-7-19(25)15-22(17)30-10-12-31(13-11-30)23(18-5-8-20(26)9-6-18)24-27-28-29-32(24)16-21-3-2-14-33-21/h2-9,14-15,23H,10-13,16H2,1H3/t23-/m0/s1. The molecule has 3 heterocycles. The summed E-state index contributed by atoms with van der Waals surface area (Å²) in [6, 6.07) is 16.6. The average molecular weight is 483 g/mol. The van der Waals surface area contributed by atoms with Crippen LogP contribution in [0.3, 0.4) is 0 Å². The molecule has 1 aliphatic rings. The van der Waals surface area contributed by atoms with Gasteiger partial charge in [0, 0.05) is 41.8 Å². The van der Waals surface area contributed by atoms with Gasteiger partial charge in [0.05, 0.1) is 12.6 Å². The second-order valence-corrected chi connectivity index (χ2v) is 9.65. The van der Waals surface area contributed by atoms with Gasteiger partial charge in [0.15, 0.2) is 5.82 Å². The molecule has 0 amide bonds. The van der Waals surface area contributed by atoms with E-state index in [-0.39, 0.29) is 11.9 Å². The molecule has 1 saturated heterocycles. The van der Waals surface area contributed by atoms with Gasteiger partial charge in [-0.05, 0) is 64.2 Å². The topological polar surface area (TPSA) is 50.1 Å². The SMILES string of the molecule is Cc1ccc(Cl)cc1N1CCN([C@@H](c2ccc(F)cc2)c2nnnn2Cc2cccs2)CC1. The van der Waals surface area contributed by atoms with Gasteiger partial charge < -0.3 is 4.90 Å². The van der Waals surface area contributed by atoms with Crippen LogP contribution >= 0.6 is 22.9 Å². The van der Waals surface area contributed by atoms with Crippen molar-refractivity contribution in [2.45, 2.75) is 19.5 Å². The molecule has 6 nitrogen and oxygen atoms in total. The molecule has 0 radical (unpaired) electrons. The van der Waals surface area contributed by atoms with Crippen LogP contribution in [0.5, 0.6) is 0 Å². The minimum absolute atomic E-state index is 0.164. The zero-order valence-corrected chi connectivity index (χ0v) is 19.8. The lowest BCUT2D eigenvalue weighted by Crippen LogP contribution is -2.48. The fraction of sp³-hybridized carbons (Fsp3) is 0.292. The van der Waals surface area contributed by atoms with Gasteiger partial charge in [-0.1, -0.05) is 35.9 Å². The van der Waals surface area contributed by atoms with Gasteiger partial charge in [-0.15, -0.1) is 16.4 Å². The quantitative estimate of drug-likeness (QED) is 0.395. The molecule has 1 fully saturated rings. The number of anilines is 1. The summed E-state index contributed by atoms with van der Waals surface area (Å²) >= 11 is 7.94. The Bertz CT molecular complexity index is 1200. The molecule has 2 aromatic heterocycles. The molecule has 9 heteroatoms. The highest BCUT2D eigenvalue weighted by molar-refractivity contribution is 7.09. The molecule has 33 heavy (non-hydrogen) atoms. The molecule has 1 aliphatic heterocycles. The van der Waals surface area contributed by atoms with E-state index in [0.717, 1.165) is 42.6 Å². The molecular weight excluding hydrogens is 459 g/mol. The number of halogens is 2. The Morgan fingerprint density at radius 1 is 1.06 bits per heavy atom. The Hall–Kier alpha value is -2.81. The fourth-order valence-corrected chi connectivity index (χ4v) is 5.23. The third kappa shape index (κ3) is 4.78. The first-order valence-corrected chi connectivity index (χ1v) is 12.1. The number of hydrogen-bond donors (Lipinski definition) is 0. The van der Waals surface area contributed by atoms with Crippen LogP contribution in [0.4, 0.5) is 10.1 Å². The van der Waals surface area contributed by atoms with E-state index in [0.29, 0.717) is 6.54 Å². The van der Waals surface area contributed by atoms with Gasteiger partial charge in [0.2, 0.25) is 0 Å². The van der Waals surface area contributed by atoms with E-state index in [9.17, 15) is 4.39 Å². The Labute approximate surface area is 201 Å². The highest BCUT2D eigenvalue weighted by Gasteiger charge is 2.31. The number of tetrazole rings is 1. The second-order valence-electron chi connectivity index (χ2n) is 8.18. The molecule has 0 aliphatic carbocycles. The molecule has 4 aromatic rings. The van der Waals surface area contributed by atoms with E-state index in [1.54, 1.807) is 11.3 Å². The smallest absolute Gasteiger partial charge is 0.173 e. The highest BCUT2D eigenvalue weighted by Crippen LogP contribution is 2.31. The minimum Gasteiger partial charge on any atom is -0.369 e. The first-order chi connectivity index (χ1) is 16.1. The van der Waals surface area contributed by atoms with Crippen LogP contribution in [0.25, 0.3) is 0 Å². The molecule has 0 spiro atoms. The maximum Gasteiger partial charge on any atom is 0.173 e. The van der Waals surface area contributed by atoms with Crippen LogP contribution in [-0.4, -0.2) is 51.3 Å². The molecule has 2 aromatic carbocycles. The number of piperazine rings is 1. The average Bonchev–Trinajstić information content (AvgIpc) is 3.50. The Morgan fingerprint density at radius 2 is 1.85 bits per heavy atom. The molecule has 1 atom stereocenters. The predicted molar refractivity (Wildman–Crippen MR) is 129 cm³/mol. The number of thiophene rings is 1. The van der Waals surface area contributed by atoms with Gasteiger partial charge in [0.1, 0.15) is 5.82 Å². The van der Waals surface area contributed by atoms with Crippen molar-refractivity contribution in [3.8, 4) is 0 Å². The van der Waals surface area contributed by atoms with Crippen molar-refractivity contribution in [2.24, 2.45) is 0 Å². The van der Waals surface area contributed by atoms with Crippen LogP contribution < -0.4 is 4.90 Å². The zero-order chi connectivity index (χ0) is 22.8. The minimum atomic E-state index is -0.253. The first-order valence-electron chi connectivity index (χ1n) is 10.9. The van der Waals surface area contributed by atoms with Crippen molar-refractivity contribution in [3.63, 3.8) is 0 Å². The van der Waals surface area contributed by atoms with Crippen molar-refractivity contribution in [1.82, 2.24) is 25.1 Å². The van der Waals surface area contributed by atoms with Crippen molar-refractivity contribution in [2.75, 3.05) is 31.1 Å². The van der Waals surface area contributed by atoms with E-state index in [1.807, 2.05) is 40.4 Å². The Morgan fingerprint density at radius 3 is 2.58 bits per heavy atom. The Kier molecular flexibility index (Phi) is 6.39. The number of nitrogens with zero attached hydrogens (tertiary/aromatic N) is 6. The van der Waals surface area contributed by atoms with Crippen LogP contribution in [0.2, 0.25) is 5.02 Å². The lowest BCUT2D eigenvalue weighted by atomic mass is 10.0. The fourth-order valence-electron chi connectivity index (χ4n) is 4.38. The third-order valence-corrected chi connectivity index (χ3v) is 7.16. The summed E-state index contributed by atoms with van der Waals surface area (Å²) in [4.78, 5) is 5.93. The maximum atomic E-state index is 13.7. The van der Waals surface area contributed by atoms with E-state index in [4.69, 9.17) is 11.6 Å². The zero-order valence-electron chi connectivity index (χ0n) is 18.2. The number of aromatic nitrogens is 4. The summed E-state index contributed by atoms with van der Waals surface area (Å²) in [6.07, 6.45) is 0. The number of rotatable bonds is 6. The molecule has 5 rings (SSSR count). The van der Waals surface area contributed by atoms with Crippen LogP contribution in [-0.2, 0) is 6.54 Å². The monoisotopic (exact) mass is 482 g/mol. The van der Waals surface area contributed by atoms with Crippen molar-refractivity contribution in [3.05, 3.63) is 92.6 Å². The predicted octanol–water partition coefficient (Wildman–Crippen LogP) is 4.80. The van der Waals surface area contributed by atoms with E-state index in [1.165, 1.54) is 28.3 Å². The normalized spacial score (nSPS) is 15.7. The number of hydrogen-bond acceptors (Lipinski definition) is 6. The summed E-state index contributed by atoms with van der Waals surface area (Å²) in [7, 11) is 0. The number of aryl methyl sites for hydroxylation is 1. The molecular formula is C24H24ClFN6S. The van der Waals surface area contributed by atoms with Gasteiger partial charge in [-0.25, -0.2) is 9.07 Å². The number of benzene rings is 2. The largest absolute Gasteiger partial charge is 0.369 e. The second kappa shape index (κ2) is 9.59. The van der Waals surface area contributed by atoms with E-state index in [2.05, 4.69) is 44.4 Å². The summed E-state index contributed by atoms with van der Waals surface area (Å²) in [6.45, 7) is 6.06. The molecule has 170 valence electrons. The Balaban J connectivity index is 1.43. The third-order valence-electron chi connectivity index (χ3n) is 6.07. The molecule has 0 N–H and O–H groups in total. The van der Waals surface area contributed by atoms with Crippen molar-refractivity contribution in [1.29, 1.82) is 0 Å². The molecule has 0 bridgehead atoms. The van der Waals surface area contributed by atoms with E-state index >= 15 is 0 Å². The van der Waals surface area contributed by atoms with Gasteiger partial charge in [-0.3, -0.25) is 4.90 Å². The first kappa shape index (κ1) is 22.0. The van der Waals surface area contributed by atoms with Crippen LogP contribution in [0.15, 0.2) is 60.0 Å². The molecule has 0 unspecified atom stereocenters. The summed E-state index contributed by atoms with van der Waals surface area (Å²) in [5.74, 6) is 0.513. The van der Waals surface area contributed by atoms with Crippen molar-refractivity contribution >= 4 is 28.6 Å². The van der Waals surface area contributed by atoms with Crippen molar-refractivity contribution < 1.29 is 4.39 Å². The van der Waals surface area contributed by atoms with Gasteiger partial charge >= 0.3 is 0 Å². The lowest BCUT2D eigenvalue weighted by molar-refractivity contribution is 0.201. The summed E-state index contributed by atoms with van der Waals surface area (Å²) < 4.78 is 15.6. The van der Waals surface area contributed by atoms with Crippen LogP contribution in [0, 0.1) is 12.7 Å². The maximum absolute atomic E-state index is 13.7. The molecule has 0 saturated carbocycles.